The summed E-state index contributed by atoms with van der Waals surface area (Å²) in [6.45, 7) is 8.72. The average Bonchev–Trinajstić information content (AvgIpc) is 2.73. The topological polar surface area (TPSA) is 70.7 Å². The van der Waals surface area contributed by atoms with Gasteiger partial charge in [0.1, 0.15) is 5.82 Å². The van der Waals surface area contributed by atoms with Crippen LogP contribution in [0.15, 0.2) is 5.16 Å². The Labute approximate surface area is 106 Å². The third-order valence-corrected chi connectivity index (χ3v) is 3.14. The van der Waals surface area contributed by atoms with Crippen molar-refractivity contribution in [3.05, 3.63) is 5.82 Å². The molecule has 0 spiro atoms. The van der Waals surface area contributed by atoms with Gasteiger partial charge in [-0.25, -0.2) is 4.98 Å². The highest BCUT2D eigenvalue weighted by Gasteiger charge is 2.16. The van der Waals surface area contributed by atoms with Crippen LogP contribution in [-0.4, -0.2) is 32.9 Å². The van der Waals surface area contributed by atoms with E-state index in [1.165, 1.54) is 11.8 Å². The SMILES string of the molecule is CCc1nc(SC(C)C(=O)NCC(C)C)n[nH]1. The number of carbonyl (C=O) groups excluding carboxylic acids is 1. The highest BCUT2D eigenvalue weighted by Crippen LogP contribution is 2.19. The quantitative estimate of drug-likeness (QED) is 0.759. The number of hydrogen-bond acceptors (Lipinski definition) is 4. The molecule has 0 fully saturated rings. The lowest BCUT2D eigenvalue weighted by Gasteiger charge is -2.11. The highest BCUT2D eigenvalue weighted by atomic mass is 32.2. The molecule has 1 aromatic rings. The summed E-state index contributed by atoms with van der Waals surface area (Å²) in [6.07, 6.45) is 0.821. The maximum atomic E-state index is 11.7. The van der Waals surface area contributed by atoms with Gasteiger partial charge in [0.2, 0.25) is 11.1 Å². The minimum absolute atomic E-state index is 0.0338. The van der Waals surface area contributed by atoms with Crippen LogP contribution < -0.4 is 5.32 Å². The summed E-state index contributed by atoms with van der Waals surface area (Å²) in [5.41, 5.74) is 0. The van der Waals surface area contributed by atoms with Gasteiger partial charge >= 0.3 is 0 Å². The van der Waals surface area contributed by atoms with Crippen molar-refractivity contribution < 1.29 is 4.79 Å². The number of H-pyrrole nitrogens is 1. The van der Waals surface area contributed by atoms with E-state index < -0.39 is 0 Å². The number of aromatic amines is 1. The van der Waals surface area contributed by atoms with Crippen LogP contribution in [0.25, 0.3) is 0 Å². The maximum absolute atomic E-state index is 11.7. The summed E-state index contributed by atoms with van der Waals surface area (Å²) in [5, 5.41) is 10.2. The van der Waals surface area contributed by atoms with Crippen molar-refractivity contribution in [2.45, 2.75) is 44.5 Å². The summed E-state index contributed by atoms with van der Waals surface area (Å²) < 4.78 is 0. The van der Waals surface area contributed by atoms with Crippen LogP contribution in [0.3, 0.4) is 0 Å². The predicted octanol–water partition coefficient (Wildman–Crippen LogP) is 1.62. The van der Waals surface area contributed by atoms with E-state index >= 15 is 0 Å². The second-order valence-electron chi connectivity index (χ2n) is 4.32. The molecule has 0 aliphatic heterocycles. The Morgan fingerprint density at radius 1 is 1.47 bits per heavy atom. The molecule has 5 nitrogen and oxygen atoms in total. The lowest BCUT2D eigenvalue weighted by atomic mass is 10.2. The zero-order valence-electron chi connectivity index (χ0n) is 10.8. The Morgan fingerprint density at radius 2 is 2.18 bits per heavy atom. The lowest BCUT2D eigenvalue weighted by molar-refractivity contribution is -0.120. The van der Waals surface area contributed by atoms with Gasteiger partial charge in [-0.3, -0.25) is 9.89 Å². The van der Waals surface area contributed by atoms with E-state index in [1.807, 2.05) is 13.8 Å². The summed E-state index contributed by atoms with van der Waals surface area (Å²) >= 11 is 1.37. The monoisotopic (exact) mass is 256 g/mol. The van der Waals surface area contributed by atoms with Crippen molar-refractivity contribution in [3.8, 4) is 0 Å². The van der Waals surface area contributed by atoms with Crippen molar-refractivity contribution >= 4 is 17.7 Å². The van der Waals surface area contributed by atoms with Gasteiger partial charge in [0.15, 0.2) is 0 Å². The number of aryl methyl sites for hydroxylation is 1. The second kappa shape index (κ2) is 6.64. The van der Waals surface area contributed by atoms with E-state index in [9.17, 15) is 4.79 Å². The molecule has 1 heterocycles. The highest BCUT2D eigenvalue weighted by molar-refractivity contribution is 8.00. The van der Waals surface area contributed by atoms with Gasteiger partial charge in [0.05, 0.1) is 5.25 Å². The van der Waals surface area contributed by atoms with Crippen LogP contribution in [0.5, 0.6) is 0 Å². The van der Waals surface area contributed by atoms with Crippen LogP contribution in [-0.2, 0) is 11.2 Å². The second-order valence-corrected chi connectivity index (χ2v) is 5.63. The first kappa shape index (κ1) is 14.0. The van der Waals surface area contributed by atoms with E-state index in [-0.39, 0.29) is 11.2 Å². The molecule has 1 rings (SSSR count). The van der Waals surface area contributed by atoms with Crippen molar-refractivity contribution in [1.29, 1.82) is 0 Å². The van der Waals surface area contributed by atoms with Crippen LogP contribution in [0.4, 0.5) is 0 Å². The molecule has 0 aromatic carbocycles. The Morgan fingerprint density at radius 3 is 2.71 bits per heavy atom. The Kier molecular flexibility index (Phi) is 5.47. The van der Waals surface area contributed by atoms with Gasteiger partial charge in [-0.15, -0.1) is 5.10 Å². The number of thioether (sulfide) groups is 1. The molecule has 0 bridgehead atoms. The molecule has 1 aromatic heterocycles. The van der Waals surface area contributed by atoms with Crippen LogP contribution in [0.1, 0.15) is 33.5 Å². The third kappa shape index (κ3) is 4.77. The van der Waals surface area contributed by atoms with Crippen molar-refractivity contribution in [2.75, 3.05) is 6.54 Å². The number of nitrogens with one attached hydrogen (secondary N) is 2. The number of amides is 1. The average molecular weight is 256 g/mol. The fourth-order valence-corrected chi connectivity index (χ4v) is 1.92. The normalized spacial score (nSPS) is 12.8. The largest absolute Gasteiger partial charge is 0.355 e. The Hall–Kier alpha value is -1.04. The van der Waals surface area contributed by atoms with Crippen LogP contribution in [0, 0.1) is 5.92 Å². The summed E-state index contributed by atoms with van der Waals surface area (Å²) in [5.74, 6) is 1.35. The molecule has 2 N–H and O–H groups in total. The summed E-state index contributed by atoms with van der Waals surface area (Å²) in [6, 6.07) is 0. The molecule has 1 unspecified atom stereocenters. The zero-order valence-corrected chi connectivity index (χ0v) is 11.6. The smallest absolute Gasteiger partial charge is 0.233 e. The van der Waals surface area contributed by atoms with Gasteiger partial charge in [0.25, 0.3) is 0 Å². The molecule has 0 aliphatic carbocycles. The Balaban J connectivity index is 2.42. The maximum Gasteiger partial charge on any atom is 0.233 e. The fourth-order valence-electron chi connectivity index (χ4n) is 1.15. The van der Waals surface area contributed by atoms with Crippen LogP contribution in [0.2, 0.25) is 0 Å². The molecular formula is C11H20N4OS. The van der Waals surface area contributed by atoms with Crippen LogP contribution >= 0.6 is 11.8 Å². The molecule has 0 radical (unpaired) electrons. The van der Waals surface area contributed by atoms with E-state index in [4.69, 9.17) is 0 Å². The molecule has 96 valence electrons. The predicted molar refractivity (Wildman–Crippen MR) is 68.9 cm³/mol. The first-order valence-corrected chi connectivity index (χ1v) is 6.76. The van der Waals surface area contributed by atoms with Gasteiger partial charge in [-0.1, -0.05) is 32.5 Å². The van der Waals surface area contributed by atoms with Gasteiger partial charge in [-0.2, -0.15) is 0 Å². The van der Waals surface area contributed by atoms with Crippen molar-refractivity contribution in [3.63, 3.8) is 0 Å². The first-order valence-electron chi connectivity index (χ1n) is 5.88. The molecule has 17 heavy (non-hydrogen) atoms. The molecule has 1 atom stereocenters. The molecule has 0 saturated carbocycles. The van der Waals surface area contributed by atoms with Gasteiger partial charge in [0, 0.05) is 13.0 Å². The molecule has 0 aliphatic rings. The Bertz CT molecular complexity index is 364. The zero-order chi connectivity index (χ0) is 12.8. The minimum atomic E-state index is -0.172. The fraction of sp³-hybridized carbons (Fsp3) is 0.727. The van der Waals surface area contributed by atoms with E-state index in [1.54, 1.807) is 0 Å². The minimum Gasteiger partial charge on any atom is -0.355 e. The van der Waals surface area contributed by atoms with Gasteiger partial charge < -0.3 is 5.32 Å². The molecule has 1 amide bonds. The lowest BCUT2D eigenvalue weighted by Crippen LogP contribution is -2.33. The van der Waals surface area contributed by atoms with E-state index in [0.717, 1.165) is 12.2 Å². The summed E-state index contributed by atoms with van der Waals surface area (Å²) in [7, 11) is 0. The van der Waals surface area contributed by atoms with E-state index in [0.29, 0.717) is 17.6 Å². The number of hydrogen-bond donors (Lipinski definition) is 2. The van der Waals surface area contributed by atoms with Crippen molar-refractivity contribution in [2.24, 2.45) is 5.92 Å². The molecule has 0 saturated heterocycles. The van der Waals surface area contributed by atoms with E-state index in [2.05, 4.69) is 34.3 Å². The number of rotatable bonds is 6. The third-order valence-electron chi connectivity index (χ3n) is 2.18. The van der Waals surface area contributed by atoms with Crippen molar-refractivity contribution in [1.82, 2.24) is 20.5 Å². The van der Waals surface area contributed by atoms with Gasteiger partial charge in [-0.05, 0) is 12.8 Å². The standard InChI is InChI=1S/C11H20N4OS/c1-5-9-13-11(15-14-9)17-8(4)10(16)12-6-7(2)3/h7-8H,5-6H2,1-4H3,(H,12,16)(H,13,14,15). The molecule has 6 heteroatoms. The number of carbonyl (C=O) groups is 1. The molecular weight excluding hydrogens is 236 g/mol. The number of nitrogens with zero attached hydrogens (tertiary/aromatic N) is 2. The summed E-state index contributed by atoms with van der Waals surface area (Å²) in [4.78, 5) is 16.0. The first-order chi connectivity index (χ1) is 8.02. The number of aromatic nitrogens is 3.